The van der Waals surface area contributed by atoms with Crippen molar-refractivity contribution in [3.05, 3.63) is 62.4 Å². The molecule has 0 radical (unpaired) electrons. The number of benzene rings is 2. The first-order valence-electron chi connectivity index (χ1n) is 5.35. The van der Waals surface area contributed by atoms with Crippen LogP contribution in [0.4, 0.5) is 10.1 Å². The van der Waals surface area contributed by atoms with Crippen LogP contribution in [0, 0.1) is 22.9 Å². The highest BCUT2D eigenvalue weighted by Crippen LogP contribution is 2.29. The molecule has 0 saturated carbocycles. The van der Waals surface area contributed by atoms with Gasteiger partial charge in [0.25, 0.3) is 5.69 Å². The molecule has 0 aromatic heterocycles. The van der Waals surface area contributed by atoms with Crippen LogP contribution in [-0.2, 0) is 0 Å². The summed E-state index contributed by atoms with van der Waals surface area (Å²) in [6, 6.07) is 8.54. The Morgan fingerprint density at radius 1 is 1.21 bits per heavy atom. The van der Waals surface area contributed by atoms with E-state index in [2.05, 4.69) is 15.9 Å². The van der Waals surface area contributed by atoms with Gasteiger partial charge in [-0.15, -0.1) is 0 Å². The Bertz CT molecular complexity index is 626. The minimum absolute atomic E-state index is 0.0211. The molecular formula is C13H9BrFNO3. The van der Waals surface area contributed by atoms with Crippen molar-refractivity contribution in [2.45, 2.75) is 6.92 Å². The number of hydrogen-bond acceptors (Lipinski definition) is 3. The summed E-state index contributed by atoms with van der Waals surface area (Å²) in [4.78, 5) is 10.2. The van der Waals surface area contributed by atoms with Gasteiger partial charge in [0.05, 0.1) is 4.92 Å². The molecule has 0 spiro atoms. The number of nitrogens with zero attached hydrogens (tertiary/aromatic N) is 1. The Balaban J connectivity index is 2.28. The minimum atomic E-state index is -0.460. The lowest BCUT2D eigenvalue weighted by Gasteiger charge is -2.07. The highest BCUT2D eigenvalue weighted by atomic mass is 79.9. The highest BCUT2D eigenvalue weighted by Gasteiger charge is 2.11. The first-order chi connectivity index (χ1) is 8.95. The molecule has 0 unspecified atom stereocenters. The summed E-state index contributed by atoms with van der Waals surface area (Å²) >= 11 is 3.16. The third-order valence-corrected chi connectivity index (χ3v) is 2.89. The van der Waals surface area contributed by atoms with Crippen molar-refractivity contribution in [2.24, 2.45) is 0 Å². The van der Waals surface area contributed by atoms with Gasteiger partial charge >= 0.3 is 0 Å². The van der Waals surface area contributed by atoms with E-state index in [9.17, 15) is 14.5 Å². The van der Waals surface area contributed by atoms with Crippen molar-refractivity contribution in [3.8, 4) is 11.5 Å². The summed E-state index contributed by atoms with van der Waals surface area (Å²) < 4.78 is 19.2. The number of nitro benzene ring substituents is 1. The molecule has 0 aliphatic rings. The van der Waals surface area contributed by atoms with Gasteiger partial charge in [-0.25, -0.2) is 4.39 Å². The molecule has 0 amide bonds. The van der Waals surface area contributed by atoms with Gasteiger partial charge in [-0.3, -0.25) is 10.1 Å². The number of rotatable bonds is 3. The van der Waals surface area contributed by atoms with Crippen LogP contribution in [-0.4, -0.2) is 4.92 Å². The van der Waals surface area contributed by atoms with E-state index in [1.165, 1.54) is 30.3 Å². The molecule has 2 aromatic rings. The van der Waals surface area contributed by atoms with Crippen molar-refractivity contribution in [3.63, 3.8) is 0 Å². The predicted molar refractivity (Wildman–Crippen MR) is 72.0 cm³/mol. The zero-order chi connectivity index (χ0) is 14.0. The molecule has 0 bridgehead atoms. The third-order valence-electron chi connectivity index (χ3n) is 2.44. The van der Waals surface area contributed by atoms with Gasteiger partial charge in [-0.1, -0.05) is 15.9 Å². The van der Waals surface area contributed by atoms with E-state index in [1.54, 1.807) is 13.0 Å². The van der Waals surface area contributed by atoms with Crippen molar-refractivity contribution in [1.29, 1.82) is 0 Å². The highest BCUT2D eigenvalue weighted by molar-refractivity contribution is 9.10. The molecule has 4 nitrogen and oxygen atoms in total. The smallest absolute Gasteiger partial charge is 0.272 e. The maximum atomic E-state index is 13.2. The van der Waals surface area contributed by atoms with Gasteiger partial charge in [-0.05, 0) is 31.2 Å². The number of halogens is 2. The number of nitro groups is 1. The van der Waals surface area contributed by atoms with Gasteiger partial charge in [0, 0.05) is 22.2 Å². The van der Waals surface area contributed by atoms with Crippen molar-refractivity contribution in [1.82, 2.24) is 0 Å². The number of hydrogen-bond donors (Lipinski definition) is 0. The molecule has 0 aliphatic carbocycles. The number of aryl methyl sites for hydroxylation is 1. The average molecular weight is 326 g/mol. The Morgan fingerprint density at radius 3 is 2.53 bits per heavy atom. The minimum Gasteiger partial charge on any atom is -0.457 e. The summed E-state index contributed by atoms with van der Waals surface area (Å²) in [6.07, 6.45) is 0. The van der Waals surface area contributed by atoms with Crippen molar-refractivity contribution in [2.75, 3.05) is 0 Å². The molecule has 19 heavy (non-hydrogen) atoms. The monoisotopic (exact) mass is 325 g/mol. The average Bonchev–Trinajstić information content (AvgIpc) is 2.26. The van der Waals surface area contributed by atoms with Crippen LogP contribution < -0.4 is 4.74 Å². The fourth-order valence-electron chi connectivity index (χ4n) is 1.62. The second-order valence-electron chi connectivity index (χ2n) is 3.91. The summed E-state index contributed by atoms with van der Waals surface area (Å²) in [7, 11) is 0. The van der Waals surface area contributed by atoms with Gasteiger partial charge < -0.3 is 4.74 Å². The molecule has 2 rings (SSSR count). The molecule has 0 saturated heterocycles. The second-order valence-corrected chi connectivity index (χ2v) is 4.83. The van der Waals surface area contributed by atoms with Crippen LogP contribution in [0.1, 0.15) is 5.56 Å². The molecule has 0 fully saturated rings. The Morgan fingerprint density at radius 2 is 1.95 bits per heavy atom. The summed E-state index contributed by atoms with van der Waals surface area (Å²) in [5.41, 5.74) is 0.505. The maximum Gasteiger partial charge on any atom is 0.272 e. The van der Waals surface area contributed by atoms with E-state index in [1.807, 2.05) is 0 Å². The molecular weight excluding hydrogens is 317 g/mol. The maximum absolute atomic E-state index is 13.2. The van der Waals surface area contributed by atoms with Crippen LogP contribution in [0.2, 0.25) is 0 Å². The molecule has 0 atom stereocenters. The molecule has 0 aliphatic heterocycles. The quantitative estimate of drug-likeness (QED) is 0.612. The topological polar surface area (TPSA) is 52.4 Å². The van der Waals surface area contributed by atoms with Crippen LogP contribution in [0.15, 0.2) is 40.9 Å². The van der Waals surface area contributed by atoms with Crippen LogP contribution in [0.3, 0.4) is 0 Å². The van der Waals surface area contributed by atoms with E-state index >= 15 is 0 Å². The van der Waals surface area contributed by atoms with E-state index in [0.717, 1.165) is 0 Å². The fourth-order valence-corrected chi connectivity index (χ4v) is 2.06. The Labute approximate surface area is 117 Å². The lowest BCUT2D eigenvalue weighted by atomic mass is 10.2. The molecule has 2 aromatic carbocycles. The standard InChI is InChI=1S/C13H9BrFNO3/c1-8-4-11(2-3-13(8)16(17)18)19-12-6-9(14)5-10(15)7-12/h2-7H,1H3. The van der Waals surface area contributed by atoms with Gasteiger partial charge in [0.15, 0.2) is 0 Å². The van der Waals surface area contributed by atoms with Crippen molar-refractivity contribution >= 4 is 21.6 Å². The van der Waals surface area contributed by atoms with Crippen LogP contribution in [0.25, 0.3) is 0 Å². The van der Waals surface area contributed by atoms with Crippen LogP contribution in [0.5, 0.6) is 11.5 Å². The SMILES string of the molecule is Cc1cc(Oc2cc(F)cc(Br)c2)ccc1[N+](=O)[O-]. The number of ether oxygens (including phenoxy) is 1. The van der Waals surface area contributed by atoms with E-state index in [4.69, 9.17) is 4.74 Å². The van der Waals surface area contributed by atoms with Crippen molar-refractivity contribution < 1.29 is 14.1 Å². The van der Waals surface area contributed by atoms with Crippen LogP contribution >= 0.6 is 15.9 Å². The summed E-state index contributed by atoms with van der Waals surface area (Å²) in [5, 5.41) is 10.7. The first-order valence-corrected chi connectivity index (χ1v) is 6.14. The van der Waals surface area contributed by atoms with E-state index in [0.29, 0.717) is 21.5 Å². The summed E-state index contributed by atoms with van der Waals surface area (Å²) in [6.45, 7) is 1.62. The second kappa shape index (κ2) is 5.36. The Kier molecular flexibility index (Phi) is 3.80. The molecule has 0 heterocycles. The molecule has 98 valence electrons. The molecule has 0 N–H and O–H groups in total. The third kappa shape index (κ3) is 3.29. The molecule has 6 heteroatoms. The first kappa shape index (κ1) is 13.5. The van der Waals surface area contributed by atoms with Gasteiger partial charge in [0.1, 0.15) is 17.3 Å². The largest absolute Gasteiger partial charge is 0.457 e. The van der Waals surface area contributed by atoms with Gasteiger partial charge in [0.2, 0.25) is 0 Å². The lowest BCUT2D eigenvalue weighted by Crippen LogP contribution is -1.92. The normalized spacial score (nSPS) is 10.3. The fraction of sp³-hybridized carbons (Fsp3) is 0.0769. The Hall–Kier alpha value is -1.95. The summed E-state index contributed by atoms with van der Waals surface area (Å²) in [5.74, 6) is 0.309. The zero-order valence-electron chi connectivity index (χ0n) is 9.89. The van der Waals surface area contributed by atoms with E-state index < -0.39 is 10.7 Å². The zero-order valence-corrected chi connectivity index (χ0v) is 11.5. The van der Waals surface area contributed by atoms with E-state index in [-0.39, 0.29) is 5.69 Å². The lowest BCUT2D eigenvalue weighted by molar-refractivity contribution is -0.385. The predicted octanol–water partition coefficient (Wildman–Crippen LogP) is 4.60. The van der Waals surface area contributed by atoms with Gasteiger partial charge in [-0.2, -0.15) is 0 Å².